The molecule has 0 aliphatic carbocycles. The van der Waals surface area contributed by atoms with Gasteiger partial charge in [0.1, 0.15) is 5.75 Å². The zero-order valence-corrected chi connectivity index (χ0v) is 9.57. The van der Waals surface area contributed by atoms with Crippen LogP contribution in [0.5, 0.6) is 11.6 Å². The van der Waals surface area contributed by atoms with Crippen molar-refractivity contribution in [3.05, 3.63) is 51.5 Å². The first kappa shape index (κ1) is 11.6. The molecule has 1 aromatic heterocycles. The number of aromatic amines is 1. The number of benzene rings is 1. The van der Waals surface area contributed by atoms with Crippen LogP contribution in [0.25, 0.3) is 0 Å². The van der Waals surface area contributed by atoms with Crippen molar-refractivity contribution in [2.24, 2.45) is 5.73 Å². The Labute approximate surface area is 102 Å². The number of aromatic nitrogens is 2. The van der Waals surface area contributed by atoms with Crippen LogP contribution in [-0.2, 0) is 6.54 Å². The Kier molecular flexibility index (Phi) is 3.41. The highest BCUT2D eigenvalue weighted by atomic mass is 35.5. The number of halogens is 1. The highest BCUT2D eigenvalue weighted by molar-refractivity contribution is 6.31. The van der Waals surface area contributed by atoms with E-state index < -0.39 is 5.56 Å². The molecule has 2 rings (SSSR count). The number of nitrogens with zero attached hydrogens (tertiary/aromatic N) is 1. The van der Waals surface area contributed by atoms with Gasteiger partial charge in [0.2, 0.25) is 0 Å². The molecule has 0 amide bonds. The van der Waals surface area contributed by atoms with Crippen LogP contribution in [-0.4, -0.2) is 9.97 Å². The summed E-state index contributed by atoms with van der Waals surface area (Å²) in [6, 6.07) is 5.02. The summed E-state index contributed by atoms with van der Waals surface area (Å²) in [4.78, 5) is 17.6. The minimum atomic E-state index is -0.397. The maximum Gasteiger partial charge on any atom is 0.311 e. The van der Waals surface area contributed by atoms with Crippen molar-refractivity contribution in [2.45, 2.75) is 6.54 Å². The number of H-pyrrole nitrogens is 1. The zero-order valence-electron chi connectivity index (χ0n) is 8.81. The van der Waals surface area contributed by atoms with Crippen LogP contribution in [0.3, 0.4) is 0 Å². The number of hydrogen-bond acceptors (Lipinski definition) is 4. The SMILES string of the molecule is NCc1ccc(Oc2ncc[nH]c2=O)cc1Cl. The molecule has 5 nitrogen and oxygen atoms in total. The van der Waals surface area contributed by atoms with Gasteiger partial charge in [-0.1, -0.05) is 17.7 Å². The molecule has 0 radical (unpaired) electrons. The maximum atomic E-state index is 11.3. The van der Waals surface area contributed by atoms with E-state index >= 15 is 0 Å². The molecule has 17 heavy (non-hydrogen) atoms. The first-order valence-electron chi connectivity index (χ1n) is 4.91. The Morgan fingerprint density at radius 1 is 1.47 bits per heavy atom. The van der Waals surface area contributed by atoms with E-state index in [0.717, 1.165) is 5.56 Å². The van der Waals surface area contributed by atoms with Crippen LogP contribution in [0.15, 0.2) is 35.4 Å². The second-order valence-electron chi connectivity index (χ2n) is 3.28. The van der Waals surface area contributed by atoms with E-state index in [2.05, 4.69) is 9.97 Å². The molecule has 0 fully saturated rings. The molecular formula is C11H10ClN3O2. The lowest BCUT2D eigenvalue weighted by molar-refractivity contribution is 0.454. The van der Waals surface area contributed by atoms with Gasteiger partial charge in [0.05, 0.1) is 0 Å². The highest BCUT2D eigenvalue weighted by Crippen LogP contribution is 2.24. The summed E-state index contributed by atoms with van der Waals surface area (Å²) in [7, 11) is 0. The first-order valence-corrected chi connectivity index (χ1v) is 5.28. The average Bonchev–Trinajstić information content (AvgIpc) is 2.32. The van der Waals surface area contributed by atoms with Crippen molar-refractivity contribution in [1.29, 1.82) is 0 Å². The fourth-order valence-electron chi connectivity index (χ4n) is 1.28. The molecule has 0 aliphatic rings. The largest absolute Gasteiger partial charge is 0.435 e. The topological polar surface area (TPSA) is 81.0 Å². The third-order valence-electron chi connectivity index (χ3n) is 2.13. The van der Waals surface area contributed by atoms with Gasteiger partial charge in [-0.05, 0) is 17.7 Å². The lowest BCUT2D eigenvalue weighted by atomic mass is 10.2. The van der Waals surface area contributed by atoms with Gasteiger partial charge >= 0.3 is 5.56 Å². The molecule has 0 aliphatic heterocycles. The summed E-state index contributed by atoms with van der Waals surface area (Å²) in [5.74, 6) is 0.417. The number of nitrogens with two attached hydrogens (primary N) is 1. The lowest BCUT2D eigenvalue weighted by Crippen LogP contribution is -2.09. The van der Waals surface area contributed by atoms with Crippen LogP contribution in [0, 0.1) is 0 Å². The molecule has 0 bridgehead atoms. The van der Waals surface area contributed by atoms with E-state index in [1.165, 1.54) is 12.4 Å². The summed E-state index contributed by atoms with van der Waals surface area (Å²) in [5, 5.41) is 0.498. The quantitative estimate of drug-likeness (QED) is 0.870. The standard InChI is InChI=1S/C11H10ClN3O2/c12-9-5-8(2-1-7(9)6-13)17-11-10(16)14-3-4-15-11/h1-5H,6,13H2,(H,14,16). The van der Waals surface area contributed by atoms with Gasteiger partial charge in [-0.2, -0.15) is 0 Å². The van der Waals surface area contributed by atoms with Crippen LogP contribution < -0.4 is 16.0 Å². The highest BCUT2D eigenvalue weighted by Gasteiger charge is 2.05. The Morgan fingerprint density at radius 2 is 2.29 bits per heavy atom. The third-order valence-corrected chi connectivity index (χ3v) is 2.49. The molecule has 2 aromatic rings. The summed E-state index contributed by atoms with van der Waals surface area (Å²) >= 11 is 5.97. The molecule has 0 saturated heterocycles. The molecule has 3 N–H and O–H groups in total. The summed E-state index contributed by atoms with van der Waals surface area (Å²) in [6.45, 7) is 0.350. The van der Waals surface area contributed by atoms with Crippen molar-refractivity contribution >= 4 is 11.6 Å². The van der Waals surface area contributed by atoms with Gasteiger partial charge in [-0.3, -0.25) is 4.79 Å². The Bertz CT molecular complexity index is 583. The summed E-state index contributed by atoms with van der Waals surface area (Å²) < 4.78 is 5.31. The van der Waals surface area contributed by atoms with Gasteiger partial charge in [0.25, 0.3) is 5.88 Å². The van der Waals surface area contributed by atoms with E-state index in [0.29, 0.717) is 17.3 Å². The molecular weight excluding hydrogens is 242 g/mol. The summed E-state index contributed by atoms with van der Waals surface area (Å²) in [5.41, 5.74) is 5.90. The Hall–Kier alpha value is -1.85. The summed E-state index contributed by atoms with van der Waals surface area (Å²) in [6.07, 6.45) is 2.87. The van der Waals surface area contributed by atoms with Gasteiger partial charge in [0.15, 0.2) is 0 Å². The Balaban J connectivity index is 2.28. The van der Waals surface area contributed by atoms with Gasteiger partial charge in [-0.25, -0.2) is 4.98 Å². The molecule has 0 atom stereocenters. The normalized spacial score (nSPS) is 10.2. The van der Waals surface area contributed by atoms with E-state index in [-0.39, 0.29) is 5.88 Å². The second kappa shape index (κ2) is 4.99. The van der Waals surface area contributed by atoms with Gasteiger partial charge < -0.3 is 15.5 Å². The first-order chi connectivity index (χ1) is 8.20. The van der Waals surface area contributed by atoms with Crippen molar-refractivity contribution in [3.8, 4) is 11.6 Å². The van der Waals surface area contributed by atoms with Crippen LogP contribution >= 0.6 is 11.6 Å². The minimum Gasteiger partial charge on any atom is -0.435 e. The van der Waals surface area contributed by atoms with Gasteiger partial charge in [0, 0.05) is 24.0 Å². The van der Waals surface area contributed by atoms with E-state index in [4.69, 9.17) is 22.1 Å². The third kappa shape index (κ3) is 2.64. The molecule has 1 aromatic carbocycles. The molecule has 1 heterocycles. The predicted molar refractivity (Wildman–Crippen MR) is 64.3 cm³/mol. The van der Waals surface area contributed by atoms with Crippen molar-refractivity contribution < 1.29 is 4.74 Å². The Morgan fingerprint density at radius 3 is 2.94 bits per heavy atom. The zero-order chi connectivity index (χ0) is 12.3. The van der Waals surface area contributed by atoms with E-state index in [9.17, 15) is 4.79 Å². The smallest absolute Gasteiger partial charge is 0.311 e. The van der Waals surface area contributed by atoms with Crippen LogP contribution in [0.1, 0.15) is 5.56 Å². The van der Waals surface area contributed by atoms with Gasteiger partial charge in [-0.15, -0.1) is 0 Å². The molecule has 6 heteroatoms. The fraction of sp³-hybridized carbons (Fsp3) is 0.0909. The number of hydrogen-bond donors (Lipinski definition) is 2. The molecule has 0 saturated carbocycles. The predicted octanol–water partition coefficient (Wildman–Crippen LogP) is 1.67. The lowest BCUT2D eigenvalue weighted by Gasteiger charge is -2.06. The van der Waals surface area contributed by atoms with Crippen LogP contribution in [0.2, 0.25) is 5.02 Å². The monoisotopic (exact) mass is 251 g/mol. The van der Waals surface area contributed by atoms with E-state index in [1.807, 2.05) is 0 Å². The average molecular weight is 252 g/mol. The fourth-order valence-corrected chi connectivity index (χ4v) is 1.53. The minimum absolute atomic E-state index is 0.0240. The second-order valence-corrected chi connectivity index (χ2v) is 3.69. The molecule has 0 spiro atoms. The van der Waals surface area contributed by atoms with Crippen molar-refractivity contribution in [2.75, 3.05) is 0 Å². The number of nitrogens with one attached hydrogen (secondary N) is 1. The van der Waals surface area contributed by atoms with Crippen molar-refractivity contribution in [3.63, 3.8) is 0 Å². The van der Waals surface area contributed by atoms with Crippen molar-refractivity contribution in [1.82, 2.24) is 9.97 Å². The molecule has 88 valence electrons. The molecule has 0 unspecified atom stereocenters. The van der Waals surface area contributed by atoms with Crippen LogP contribution in [0.4, 0.5) is 0 Å². The number of ether oxygens (including phenoxy) is 1. The van der Waals surface area contributed by atoms with E-state index in [1.54, 1.807) is 18.2 Å². The number of rotatable bonds is 3. The maximum absolute atomic E-state index is 11.3.